The van der Waals surface area contributed by atoms with Gasteiger partial charge in [0.2, 0.25) is 70.9 Å². The lowest BCUT2D eigenvalue weighted by Gasteiger charge is -2.31. The molecule has 1 saturated heterocycles. The Balaban J connectivity index is 2.31. The Morgan fingerprint density at radius 2 is 0.784 bits per heavy atom. The van der Waals surface area contributed by atoms with Crippen LogP contribution in [0.4, 0.5) is 0 Å². The van der Waals surface area contributed by atoms with Gasteiger partial charge in [-0.1, -0.05) is 87.8 Å². The molecule has 0 radical (unpaired) electrons. The average molecular weight is 1440 g/mol. The molecule has 0 saturated carbocycles. The number of aromatic hydroxyl groups is 1. The van der Waals surface area contributed by atoms with Crippen molar-refractivity contribution < 1.29 is 72.5 Å². The van der Waals surface area contributed by atoms with E-state index in [0.29, 0.717) is 89.4 Å². The van der Waals surface area contributed by atoms with Gasteiger partial charge in [0.25, 0.3) is 0 Å². The lowest BCUT2D eigenvalue weighted by molar-refractivity contribution is -0.143. The Labute approximate surface area is 601 Å². The molecule has 1 aliphatic heterocycles. The quantitative estimate of drug-likeness (QED) is 0.0344. The molecule has 1 aromatic carbocycles. The molecule has 0 aliphatic carbocycles. The number of likely N-dealkylation sites (tertiary alicyclic amines) is 1. The molecule has 1 fully saturated rings. The second-order valence-corrected chi connectivity index (χ2v) is 28.5. The van der Waals surface area contributed by atoms with E-state index in [9.17, 15) is 72.5 Å². The van der Waals surface area contributed by atoms with Gasteiger partial charge >= 0.3 is 5.97 Å². The molecule has 0 unspecified atom stereocenters. The number of aliphatic carboxylic acids is 1. The topological polar surface area (TPSA) is 528 Å². The van der Waals surface area contributed by atoms with Crippen LogP contribution >= 0.6 is 0 Å². The molecule has 32 nitrogen and oxygen atoms in total. The second kappa shape index (κ2) is 46.5. The molecule has 32 heteroatoms. The van der Waals surface area contributed by atoms with E-state index in [1.807, 2.05) is 13.8 Å². The summed E-state index contributed by atoms with van der Waals surface area (Å²) in [7, 11) is 0. The number of phenols is 1. The maximum atomic E-state index is 14.4. The van der Waals surface area contributed by atoms with Gasteiger partial charge in [-0.25, -0.2) is 4.79 Å². The van der Waals surface area contributed by atoms with Crippen LogP contribution in [0.25, 0.3) is 0 Å². The third-order valence-corrected chi connectivity index (χ3v) is 17.7. The molecular weight excluding hydrogens is 1320 g/mol. The SMILES string of the molecule is CC(C)C[C@H](NC(=O)[C@@H](NC(=O)[C@H](Cc1ccc(O)cc1)NC(=O)[C@@H]1CCCN1C(=O)[C@H](C)NC(=O)[C@H](C)NC(=O)[C@@H](NC(=O)[C@@H](NC(=O)[C@H](CCCCN)NC(=O)[C@H](CCCCN)NC(=O)[C@H](CCCCN)NC(=O)[C@@H](N)CCCCN)C(C)C)C(C)C)C(C)C)C(=O)N[C@H](C(=O)O)C(C)C. The summed E-state index contributed by atoms with van der Waals surface area (Å²) in [6.07, 6.45) is 5.34. The number of phenolic OH excluding ortho intramolecular Hbond substituents is 1. The van der Waals surface area contributed by atoms with E-state index in [4.69, 9.17) is 28.7 Å². The Morgan fingerprint density at radius 3 is 1.22 bits per heavy atom. The molecule has 0 aromatic heterocycles. The number of carboxylic acids is 1. The minimum Gasteiger partial charge on any atom is -0.508 e. The van der Waals surface area contributed by atoms with E-state index in [0.717, 1.165) is 0 Å². The lowest BCUT2D eigenvalue weighted by Crippen LogP contribution is -2.61. The van der Waals surface area contributed by atoms with Crippen LogP contribution in [0.5, 0.6) is 5.75 Å². The lowest BCUT2D eigenvalue weighted by atomic mass is 9.98. The van der Waals surface area contributed by atoms with Gasteiger partial charge in [-0.3, -0.25) is 57.5 Å². The van der Waals surface area contributed by atoms with Gasteiger partial charge in [0.15, 0.2) is 0 Å². The highest BCUT2D eigenvalue weighted by molar-refractivity contribution is 6.00. The zero-order chi connectivity index (χ0) is 77.1. The van der Waals surface area contributed by atoms with Gasteiger partial charge in [0, 0.05) is 13.0 Å². The van der Waals surface area contributed by atoms with Crippen LogP contribution in [-0.2, 0) is 68.7 Å². The van der Waals surface area contributed by atoms with Crippen molar-refractivity contribution in [1.29, 1.82) is 0 Å². The molecule has 12 amide bonds. The Hall–Kier alpha value is -8.07. The summed E-state index contributed by atoms with van der Waals surface area (Å²) in [6.45, 7) is 21.0. The highest BCUT2D eigenvalue weighted by Gasteiger charge is 2.41. The van der Waals surface area contributed by atoms with Crippen LogP contribution in [0.3, 0.4) is 0 Å². The van der Waals surface area contributed by atoms with Gasteiger partial charge in [-0.05, 0) is 177 Å². The minimum absolute atomic E-state index is 0.0641. The number of unbranched alkanes of at least 4 members (excludes halogenated alkanes) is 4. The summed E-state index contributed by atoms with van der Waals surface area (Å²) in [5.41, 5.74) is 29.6. The first-order valence-corrected chi connectivity index (χ1v) is 36.2. The van der Waals surface area contributed by atoms with Crippen molar-refractivity contribution in [3.63, 3.8) is 0 Å². The summed E-state index contributed by atoms with van der Waals surface area (Å²) in [4.78, 5) is 182. The number of carbonyl (C=O) groups excluding carboxylic acids is 12. The number of nitrogens with two attached hydrogens (primary N) is 5. The third-order valence-electron chi connectivity index (χ3n) is 17.7. The predicted molar refractivity (Wildman–Crippen MR) is 385 cm³/mol. The predicted octanol–water partition coefficient (Wildman–Crippen LogP) is -1.10. The number of benzene rings is 1. The molecule has 1 aromatic rings. The van der Waals surface area contributed by atoms with Crippen molar-refractivity contribution in [3.8, 4) is 5.75 Å². The number of hydrogen-bond acceptors (Lipinski definition) is 19. The van der Waals surface area contributed by atoms with Gasteiger partial charge < -0.3 is 102 Å². The van der Waals surface area contributed by atoms with Crippen LogP contribution in [0.1, 0.15) is 185 Å². The van der Waals surface area contributed by atoms with Crippen LogP contribution < -0.4 is 87.2 Å². The van der Waals surface area contributed by atoms with E-state index in [2.05, 4.69) is 58.5 Å². The fourth-order valence-electron chi connectivity index (χ4n) is 11.5. The Morgan fingerprint density at radius 1 is 0.422 bits per heavy atom. The fraction of sp³-hybridized carbons (Fsp3) is 0.729. The van der Waals surface area contributed by atoms with Crippen molar-refractivity contribution in [2.75, 3.05) is 32.7 Å². The van der Waals surface area contributed by atoms with Gasteiger partial charge in [-0.2, -0.15) is 0 Å². The molecule has 2 rings (SSSR count). The monoisotopic (exact) mass is 1440 g/mol. The average Bonchev–Trinajstić information content (AvgIpc) is 1.58. The van der Waals surface area contributed by atoms with E-state index >= 15 is 0 Å². The van der Waals surface area contributed by atoms with E-state index in [1.165, 1.54) is 43.0 Å². The van der Waals surface area contributed by atoms with Gasteiger partial charge in [-0.15, -0.1) is 0 Å². The second-order valence-electron chi connectivity index (χ2n) is 28.5. The van der Waals surface area contributed by atoms with Gasteiger partial charge in [0.1, 0.15) is 78.3 Å². The highest BCUT2D eigenvalue weighted by Crippen LogP contribution is 2.21. The molecule has 578 valence electrons. The molecule has 0 spiro atoms. The number of nitrogens with one attached hydrogen (secondary N) is 11. The van der Waals surface area contributed by atoms with E-state index in [-0.39, 0.29) is 63.3 Å². The third kappa shape index (κ3) is 31.3. The number of hydrogen-bond donors (Lipinski definition) is 18. The first-order chi connectivity index (χ1) is 48.0. The van der Waals surface area contributed by atoms with Crippen molar-refractivity contribution >= 4 is 76.9 Å². The molecular formula is C70H123N17O15. The van der Waals surface area contributed by atoms with E-state index in [1.54, 1.807) is 55.4 Å². The molecule has 23 N–H and O–H groups in total. The van der Waals surface area contributed by atoms with Crippen molar-refractivity contribution in [3.05, 3.63) is 29.8 Å². The first-order valence-electron chi connectivity index (χ1n) is 36.2. The Bertz CT molecular complexity index is 2880. The first kappa shape index (κ1) is 90.0. The summed E-state index contributed by atoms with van der Waals surface area (Å²) in [5.74, 6) is -12.3. The smallest absolute Gasteiger partial charge is 0.326 e. The summed E-state index contributed by atoms with van der Waals surface area (Å²) in [6, 6.07) is -9.84. The number of nitrogens with zero attached hydrogens (tertiary/aromatic N) is 1. The summed E-state index contributed by atoms with van der Waals surface area (Å²) >= 11 is 0. The number of carbonyl (C=O) groups is 13. The van der Waals surface area contributed by atoms with Crippen LogP contribution in [0.2, 0.25) is 0 Å². The minimum atomic E-state index is -1.37. The van der Waals surface area contributed by atoms with Crippen LogP contribution in [0.15, 0.2) is 24.3 Å². The van der Waals surface area contributed by atoms with Crippen LogP contribution in [-0.4, -0.2) is 203 Å². The highest BCUT2D eigenvalue weighted by atomic mass is 16.4. The van der Waals surface area contributed by atoms with E-state index < -0.39 is 179 Å². The van der Waals surface area contributed by atoms with Crippen LogP contribution in [0, 0.1) is 29.6 Å². The normalized spacial score (nSPS) is 16.5. The summed E-state index contributed by atoms with van der Waals surface area (Å²) < 4.78 is 0. The summed E-state index contributed by atoms with van der Waals surface area (Å²) in [5, 5.41) is 49.4. The molecule has 1 aliphatic rings. The van der Waals surface area contributed by atoms with Gasteiger partial charge in [0.05, 0.1) is 6.04 Å². The Kier molecular flexibility index (Phi) is 41.1. The van der Waals surface area contributed by atoms with Crippen molar-refractivity contribution in [2.24, 2.45) is 58.3 Å². The van der Waals surface area contributed by atoms with Crippen molar-refractivity contribution in [2.45, 2.75) is 264 Å². The zero-order valence-corrected chi connectivity index (χ0v) is 62.1. The standard InChI is InChI=1S/C70H123N17O15/c1-38(2)36-51(63(94)86-57(42(9)10)70(101)102)82-67(98)55(40(5)6)84-64(95)52(37-45-27-29-46(88)30-28-45)81-65(96)53-26-21-35-87(53)69(100)44(12)77-58(89)43(11)76-66(97)54(39(3)4)85-68(99)56(41(7)8)83-62(93)50(25-16-20-34-74)80-61(92)49(24-15-19-33-73)79-60(91)48(23-14-18-32-72)78-59(90)47(75)22-13-17-31-71/h27-30,38-44,47-57,88H,13-26,31-37,71-75H2,1-12H3,(H,76,97)(H,77,89)(H,78,90)(H,79,91)(H,80,92)(H,81,96)(H,82,98)(H,83,93)(H,84,95)(H,85,99)(H,86,94)(H,101,102)/t43-,44-,47-,48-,49-,50-,51-,52-,53-,54-,55-,56-,57-/m0/s1. The number of carboxylic acid groups (broad SMARTS) is 1. The maximum Gasteiger partial charge on any atom is 0.326 e. The largest absolute Gasteiger partial charge is 0.508 e. The molecule has 1 heterocycles. The fourth-order valence-corrected chi connectivity index (χ4v) is 11.5. The number of amides is 12. The van der Waals surface area contributed by atoms with Crippen molar-refractivity contribution in [1.82, 2.24) is 63.4 Å². The zero-order valence-electron chi connectivity index (χ0n) is 62.1. The maximum absolute atomic E-state index is 14.4. The molecule has 102 heavy (non-hydrogen) atoms. The number of rotatable bonds is 48. The molecule has 0 bridgehead atoms. The molecule has 13 atom stereocenters.